The van der Waals surface area contributed by atoms with E-state index in [0.717, 1.165) is 16.7 Å². The van der Waals surface area contributed by atoms with Gasteiger partial charge in [-0.1, -0.05) is 0 Å². The molecule has 1 atom stereocenters. The highest BCUT2D eigenvalue weighted by Crippen LogP contribution is 2.39. The molecule has 1 aliphatic heterocycles. The van der Waals surface area contributed by atoms with Gasteiger partial charge in [0.15, 0.2) is 11.5 Å². The van der Waals surface area contributed by atoms with Gasteiger partial charge >= 0.3 is 5.97 Å². The number of hydrogen-bond donors (Lipinski definition) is 0. The third-order valence-corrected chi connectivity index (χ3v) is 5.21. The number of carbonyl (C=O) groups is 3. The minimum Gasteiger partial charge on any atom is -0.493 e. The van der Waals surface area contributed by atoms with Crippen LogP contribution in [-0.2, 0) is 14.3 Å². The van der Waals surface area contributed by atoms with E-state index < -0.39 is 23.2 Å². The highest BCUT2D eigenvalue weighted by atomic mass is 79.9. The fourth-order valence-corrected chi connectivity index (χ4v) is 3.97. The number of imide groups is 1. The van der Waals surface area contributed by atoms with Crippen LogP contribution < -0.4 is 9.47 Å². The first-order chi connectivity index (χ1) is 13.2. The van der Waals surface area contributed by atoms with Gasteiger partial charge in [0.2, 0.25) is 0 Å². The predicted molar refractivity (Wildman–Crippen MR) is 110 cm³/mol. The van der Waals surface area contributed by atoms with Gasteiger partial charge in [-0.15, -0.1) is 0 Å². The highest BCUT2D eigenvalue weighted by molar-refractivity contribution is 9.10. The molecule has 0 aliphatic carbocycles. The Morgan fingerprint density at radius 3 is 2.54 bits per heavy atom. The molecule has 0 radical (unpaired) electrons. The summed E-state index contributed by atoms with van der Waals surface area (Å²) in [4.78, 5) is 38.0. The summed E-state index contributed by atoms with van der Waals surface area (Å²) >= 11 is 4.23. The third-order valence-electron chi connectivity index (χ3n) is 3.74. The fourth-order valence-electron chi connectivity index (χ4n) is 2.51. The lowest BCUT2D eigenvalue weighted by atomic mass is 10.1. The number of halogens is 1. The molecule has 1 aromatic carbocycles. The van der Waals surface area contributed by atoms with E-state index in [2.05, 4.69) is 15.9 Å². The molecule has 2 rings (SSSR count). The molecule has 2 amide bonds. The van der Waals surface area contributed by atoms with E-state index in [4.69, 9.17) is 14.2 Å². The zero-order valence-electron chi connectivity index (χ0n) is 16.3. The maximum Gasteiger partial charge on any atom is 0.329 e. The van der Waals surface area contributed by atoms with E-state index in [0.29, 0.717) is 21.5 Å². The quantitative estimate of drug-likeness (QED) is 0.434. The van der Waals surface area contributed by atoms with Crippen molar-refractivity contribution in [1.82, 2.24) is 4.90 Å². The van der Waals surface area contributed by atoms with Crippen LogP contribution in [0.5, 0.6) is 11.5 Å². The van der Waals surface area contributed by atoms with Crippen molar-refractivity contribution in [2.75, 3.05) is 13.7 Å². The Labute approximate surface area is 176 Å². The Balaban J connectivity index is 2.33. The second kappa shape index (κ2) is 9.47. The van der Waals surface area contributed by atoms with Crippen molar-refractivity contribution >= 4 is 50.9 Å². The van der Waals surface area contributed by atoms with Crippen LogP contribution in [0, 0.1) is 0 Å². The zero-order chi connectivity index (χ0) is 21.0. The Kier molecular flexibility index (Phi) is 7.54. The van der Waals surface area contributed by atoms with Crippen molar-refractivity contribution in [1.29, 1.82) is 0 Å². The van der Waals surface area contributed by atoms with E-state index in [1.807, 2.05) is 13.8 Å². The van der Waals surface area contributed by atoms with E-state index in [-0.39, 0.29) is 17.6 Å². The lowest BCUT2D eigenvalue weighted by Gasteiger charge is -2.19. The van der Waals surface area contributed by atoms with E-state index >= 15 is 0 Å². The Morgan fingerprint density at radius 2 is 1.96 bits per heavy atom. The number of rotatable bonds is 7. The minimum absolute atomic E-state index is 0.0445. The maximum absolute atomic E-state index is 12.7. The molecule has 1 heterocycles. The Hall–Kier alpha value is -2.00. The first kappa shape index (κ1) is 22.3. The molecule has 1 fully saturated rings. The standard InChI is InChI=1S/C19H22BrNO6S/c1-6-26-18(23)11(4)21-17(22)15(28-19(21)24)9-12-7-13(20)16(27-10(2)3)14(8-12)25-5/h7-11H,6H2,1-5H3/b15-9+. The number of hydrogen-bond acceptors (Lipinski definition) is 7. The summed E-state index contributed by atoms with van der Waals surface area (Å²) in [5.41, 5.74) is 0.647. The van der Waals surface area contributed by atoms with Gasteiger partial charge in [-0.2, -0.15) is 0 Å². The molecule has 1 saturated heterocycles. The van der Waals surface area contributed by atoms with Crippen molar-refractivity contribution in [2.24, 2.45) is 0 Å². The summed E-state index contributed by atoms with van der Waals surface area (Å²) in [6.45, 7) is 7.11. The van der Waals surface area contributed by atoms with Crippen molar-refractivity contribution in [3.63, 3.8) is 0 Å². The first-order valence-corrected chi connectivity index (χ1v) is 10.3. The lowest BCUT2D eigenvalue weighted by Crippen LogP contribution is -2.42. The van der Waals surface area contributed by atoms with E-state index in [1.54, 1.807) is 25.1 Å². The molecule has 0 spiro atoms. The third kappa shape index (κ3) is 4.88. The van der Waals surface area contributed by atoms with E-state index in [1.165, 1.54) is 14.0 Å². The van der Waals surface area contributed by atoms with Gasteiger partial charge in [0.25, 0.3) is 11.1 Å². The number of thioether (sulfide) groups is 1. The van der Waals surface area contributed by atoms with Crippen LogP contribution in [0.2, 0.25) is 0 Å². The summed E-state index contributed by atoms with van der Waals surface area (Å²) in [5, 5.41) is -0.511. The minimum atomic E-state index is -0.985. The summed E-state index contributed by atoms with van der Waals surface area (Å²) in [7, 11) is 1.52. The number of esters is 1. The average Bonchev–Trinajstić information content (AvgIpc) is 2.89. The molecule has 1 aliphatic rings. The monoisotopic (exact) mass is 471 g/mol. The molecule has 7 nitrogen and oxygen atoms in total. The van der Waals surface area contributed by atoms with Gasteiger partial charge in [0.05, 0.1) is 29.2 Å². The summed E-state index contributed by atoms with van der Waals surface area (Å²) in [6.07, 6.45) is 1.53. The summed E-state index contributed by atoms with van der Waals surface area (Å²) < 4.78 is 16.7. The molecule has 1 unspecified atom stereocenters. The molecule has 0 bridgehead atoms. The average molecular weight is 472 g/mol. The number of ether oxygens (including phenoxy) is 3. The zero-order valence-corrected chi connectivity index (χ0v) is 18.7. The number of methoxy groups -OCH3 is 1. The van der Waals surface area contributed by atoms with Gasteiger partial charge in [0.1, 0.15) is 6.04 Å². The molecule has 1 aromatic rings. The molecule has 0 N–H and O–H groups in total. The number of carbonyl (C=O) groups excluding carboxylic acids is 3. The van der Waals surface area contributed by atoms with Crippen LogP contribution in [0.3, 0.4) is 0 Å². The van der Waals surface area contributed by atoms with Crippen molar-refractivity contribution < 1.29 is 28.6 Å². The lowest BCUT2D eigenvalue weighted by molar-refractivity contribution is -0.150. The van der Waals surface area contributed by atoms with E-state index in [9.17, 15) is 14.4 Å². The second-order valence-electron chi connectivity index (χ2n) is 6.18. The maximum atomic E-state index is 12.7. The fraction of sp³-hybridized carbons (Fsp3) is 0.421. The predicted octanol–water partition coefficient (Wildman–Crippen LogP) is 4.23. The molecular formula is C19H22BrNO6S. The Bertz CT molecular complexity index is 823. The normalized spacial score (nSPS) is 16.7. The molecule has 9 heteroatoms. The van der Waals surface area contributed by atoms with Gasteiger partial charge < -0.3 is 14.2 Å². The second-order valence-corrected chi connectivity index (χ2v) is 8.03. The van der Waals surface area contributed by atoms with Crippen LogP contribution in [0.25, 0.3) is 6.08 Å². The Morgan fingerprint density at radius 1 is 1.29 bits per heavy atom. The summed E-state index contributed by atoms with van der Waals surface area (Å²) in [6, 6.07) is 2.50. The van der Waals surface area contributed by atoms with Crippen molar-refractivity contribution in [3.8, 4) is 11.5 Å². The highest BCUT2D eigenvalue weighted by Gasteiger charge is 2.41. The number of amides is 2. The van der Waals surface area contributed by atoms with Crippen LogP contribution in [0.1, 0.15) is 33.3 Å². The summed E-state index contributed by atoms with van der Waals surface area (Å²) in [5.74, 6) is -0.106. The number of nitrogens with zero attached hydrogens (tertiary/aromatic N) is 1. The largest absolute Gasteiger partial charge is 0.493 e. The van der Waals surface area contributed by atoms with Crippen LogP contribution in [0.4, 0.5) is 4.79 Å². The van der Waals surface area contributed by atoms with Crippen molar-refractivity contribution in [3.05, 3.63) is 27.1 Å². The van der Waals surface area contributed by atoms with Crippen LogP contribution >= 0.6 is 27.7 Å². The molecule has 0 saturated carbocycles. The van der Waals surface area contributed by atoms with Gasteiger partial charge in [-0.05, 0) is 79.2 Å². The van der Waals surface area contributed by atoms with Crippen LogP contribution in [0.15, 0.2) is 21.5 Å². The van der Waals surface area contributed by atoms with Gasteiger partial charge in [-0.3, -0.25) is 14.5 Å². The molecule has 152 valence electrons. The van der Waals surface area contributed by atoms with Crippen LogP contribution in [-0.4, -0.2) is 47.9 Å². The topological polar surface area (TPSA) is 82.1 Å². The van der Waals surface area contributed by atoms with Crippen molar-refractivity contribution in [2.45, 2.75) is 39.8 Å². The molecular weight excluding hydrogens is 450 g/mol. The van der Waals surface area contributed by atoms with Gasteiger partial charge in [0, 0.05) is 0 Å². The molecule has 28 heavy (non-hydrogen) atoms. The number of benzene rings is 1. The first-order valence-electron chi connectivity index (χ1n) is 8.67. The molecule has 0 aromatic heterocycles. The van der Waals surface area contributed by atoms with Gasteiger partial charge in [-0.25, -0.2) is 4.79 Å². The SMILES string of the molecule is CCOC(=O)C(C)N1C(=O)S/C(=C/c2cc(Br)c(OC(C)C)c(OC)c2)C1=O. The smallest absolute Gasteiger partial charge is 0.329 e.